The number of carbonyl (C=O) groups excluding carboxylic acids is 1. The van der Waals surface area contributed by atoms with Gasteiger partial charge in [0, 0.05) is 18.0 Å². The number of carbonyl (C=O) groups is 1. The SMILES string of the molecule is CCS(=O)(=O)NC[C@@H]1[C@H](F)CN1C(=O)[C@H]1C[C@]1(F)c1ccc(Cl)cc1-c1c(F)cccc1F. The van der Waals surface area contributed by atoms with Gasteiger partial charge in [0.05, 0.1) is 29.8 Å². The minimum atomic E-state index is -3.59. The fraction of sp³-hybridized carbons (Fsp3) is 0.409. The van der Waals surface area contributed by atoms with Crippen molar-refractivity contribution in [2.75, 3.05) is 18.8 Å². The number of halogens is 5. The number of alkyl halides is 2. The Morgan fingerprint density at radius 2 is 1.91 bits per heavy atom. The van der Waals surface area contributed by atoms with Crippen LogP contribution in [0.4, 0.5) is 17.6 Å². The van der Waals surface area contributed by atoms with Gasteiger partial charge in [0.2, 0.25) is 15.9 Å². The Hall–Kier alpha value is -2.17. The van der Waals surface area contributed by atoms with Crippen LogP contribution < -0.4 is 4.72 Å². The molecule has 1 aliphatic heterocycles. The highest BCUT2D eigenvalue weighted by molar-refractivity contribution is 7.89. The third-order valence-corrected chi connectivity index (χ3v) is 7.82. The predicted molar refractivity (Wildman–Crippen MR) is 116 cm³/mol. The van der Waals surface area contributed by atoms with Crippen LogP contribution in [0, 0.1) is 17.6 Å². The second kappa shape index (κ2) is 8.56. The first-order valence-electron chi connectivity index (χ1n) is 10.3. The molecule has 2 aromatic rings. The van der Waals surface area contributed by atoms with E-state index in [9.17, 15) is 26.4 Å². The molecule has 0 radical (unpaired) electrons. The molecule has 4 rings (SSSR count). The van der Waals surface area contributed by atoms with E-state index in [1.165, 1.54) is 31.2 Å². The van der Waals surface area contributed by atoms with Crippen molar-refractivity contribution < 1.29 is 30.8 Å². The normalized spacial score (nSPS) is 26.7. The maximum Gasteiger partial charge on any atom is 0.229 e. The number of hydrogen-bond donors (Lipinski definition) is 1. The molecule has 178 valence electrons. The molecule has 0 unspecified atom stereocenters. The summed E-state index contributed by atoms with van der Waals surface area (Å²) in [5.41, 5.74) is -2.87. The van der Waals surface area contributed by atoms with Crippen LogP contribution in [0.2, 0.25) is 5.02 Å². The van der Waals surface area contributed by atoms with Crippen molar-refractivity contribution in [3.05, 3.63) is 58.6 Å². The molecule has 5 nitrogen and oxygen atoms in total. The Bertz CT molecular complexity index is 1190. The summed E-state index contributed by atoms with van der Waals surface area (Å²) in [6.45, 7) is 0.823. The van der Waals surface area contributed by atoms with E-state index in [1.807, 2.05) is 0 Å². The summed E-state index contributed by atoms with van der Waals surface area (Å²) in [6.07, 6.45) is -1.70. The van der Waals surface area contributed by atoms with Crippen LogP contribution in [0.15, 0.2) is 36.4 Å². The van der Waals surface area contributed by atoms with Crippen LogP contribution in [-0.2, 0) is 20.5 Å². The maximum atomic E-state index is 15.9. The monoisotopic (exact) mass is 504 g/mol. The third kappa shape index (κ3) is 4.36. The van der Waals surface area contributed by atoms with E-state index in [0.717, 1.165) is 17.0 Å². The molecular formula is C22H21ClF4N2O3S. The summed E-state index contributed by atoms with van der Waals surface area (Å²) in [7, 11) is -3.59. The molecule has 1 N–H and O–H groups in total. The van der Waals surface area contributed by atoms with Crippen molar-refractivity contribution in [2.45, 2.75) is 31.2 Å². The molecule has 2 aliphatic rings. The lowest BCUT2D eigenvalue weighted by atomic mass is 9.93. The van der Waals surface area contributed by atoms with E-state index < -0.39 is 56.9 Å². The Kier molecular flexibility index (Phi) is 6.22. The number of amides is 1. The molecule has 0 bridgehead atoms. The van der Waals surface area contributed by atoms with Crippen molar-refractivity contribution in [3.63, 3.8) is 0 Å². The zero-order valence-electron chi connectivity index (χ0n) is 17.5. The van der Waals surface area contributed by atoms with Crippen LogP contribution in [0.25, 0.3) is 11.1 Å². The minimum Gasteiger partial charge on any atom is -0.332 e. The van der Waals surface area contributed by atoms with Crippen molar-refractivity contribution in [3.8, 4) is 11.1 Å². The number of nitrogens with one attached hydrogen (secondary N) is 1. The molecule has 1 saturated carbocycles. The first kappa shape index (κ1) is 24.0. The Morgan fingerprint density at radius 1 is 1.24 bits per heavy atom. The quantitative estimate of drug-likeness (QED) is 0.581. The number of sulfonamides is 1. The molecule has 1 heterocycles. The topological polar surface area (TPSA) is 66.5 Å². The summed E-state index contributed by atoms with van der Waals surface area (Å²) in [6, 6.07) is 6.10. The Morgan fingerprint density at radius 3 is 2.52 bits per heavy atom. The maximum absolute atomic E-state index is 15.9. The van der Waals surface area contributed by atoms with E-state index in [1.54, 1.807) is 0 Å². The summed E-state index contributed by atoms with van der Waals surface area (Å²) in [4.78, 5) is 14.0. The highest BCUT2D eigenvalue weighted by Gasteiger charge is 2.64. The first-order chi connectivity index (χ1) is 15.5. The number of rotatable bonds is 7. The number of nitrogens with zero attached hydrogens (tertiary/aromatic N) is 1. The fourth-order valence-corrected chi connectivity index (χ4v) is 4.97. The third-order valence-electron chi connectivity index (χ3n) is 6.22. The van der Waals surface area contributed by atoms with Gasteiger partial charge in [-0.1, -0.05) is 23.7 Å². The number of hydrogen-bond acceptors (Lipinski definition) is 3. The first-order valence-corrected chi connectivity index (χ1v) is 12.4. The molecule has 4 atom stereocenters. The number of likely N-dealkylation sites (tertiary alicyclic amines) is 1. The summed E-state index contributed by atoms with van der Waals surface area (Å²) < 4.78 is 84.4. The second-order valence-electron chi connectivity index (χ2n) is 8.23. The molecule has 2 aromatic carbocycles. The largest absolute Gasteiger partial charge is 0.332 e. The predicted octanol–water partition coefficient (Wildman–Crippen LogP) is 3.96. The van der Waals surface area contributed by atoms with E-state index in [2.05, 4.69) is 4.72 Å². The fourth-order valence-electron chi connectivity index (χ4n) is 4.17. The molecule has 1 amide bonds. The Balaban J connectivity index is 1.59. The van der Waals surface area contributed by atoms with E-state index >= 15 is 4.39 Å². The number of benzene rings is 2. The molecule has 1 saturated heterocycles. The van der Waals surface area contributed by atoms with Crippen LogP contribution in [0.1, 0.15) is 18.9 Å². The molecule has 0 spiro atoms. The molecule has 2 fully saturated rings. The zero-order chi connectivity index (χ0) is 24.1. The van der Waals surface area contributed by atoms with E-state index in [-0.39, 0.29) is 41.4 Å². The second-order valence-corrected chi connectivity index (χ2v) is 10.8. The summed E-state index contributed by atoms with van der Waals surface area (Å²) >= 11 is 6.00. The summed E-state index contributed by atoms with van der Waals surface area (Å²) in [5.74, 6) is -3.88. The van der Waals surface area contributed by atoms with Gasteiger partial charge >= 0.3 is 0 Å². The van der Waals surface area contributed by atoms with Gasteiger partial charge in [0.25, 0.3) is 0 Å². The van der Waals surface area contributed by atoms with Crippen molar-refractivity contribution in [1.29, 1.82) is 0 Å². The standard InChI is InChI=1S/C22H21ClF4N2O3S/c1-2-33(31,32)28-10-19-18(26)11-29(19)21(30)15-9-22(15,27)14-7-6-12(23)8-13(14)20-16(24)4-3-5-17(20)25/h3-8,15,18-19,28H,2,9-11H2,1H3/t15-,18-,19-,22+/m1/s1. The average molecular weight is 505 g/mol. The molecule has 33 heavy (non-hydrogen) atoms. The minimum absolute atomic E-state index is 0.0881. The molecule has 1 aliphatic carbocycles. The van der Waals surface area contributed by atoms with Gasteiger partial charge in [-0.05, 0) is 42.3 Å². The lowest BCUT2D eigenvalue weighted by molar-refractivity contribution is -0.147. The van der Waals surface area contributed by atoms with Gasteiger partial charge in [-0.25, -0.2) is 30.7 Å². The Labute approximate surface area is 193 Å². The van der Waals surface area contributed by atoms with Crippen LogP contribution in [0.5, 0.6) is 0 Å². The lowest BCUT2D eigenvalue weighted by Gasteiger charge is -2.44. The summed E-state index contributed by atoms with van der Waals surface area (Å²) in [5, 5.41) is 0.134. The molecule has 11 heteroatoms. The van der Waals surface area contributed by atoms with Crippen molar-refractivity contribution in [1.82, 2.24) is 9.62 Å². The van der Waals surface area contributed by atoms with Crippen molar-refractivity contribution in [2.24, 2.45) is 5.92 Å². The van der Waals surface area contributed by atoms with Crippen LogP contribution in [-0.4, -0.2) is 50.3 Å². The smallest absolute Gasteiger partial charge is 0.229 e. The van der Waals surface area contributed by atoms with Gasteiger partial charge in [0.15, 0.2) is 0 Å². The molecular weight excluding hydrogens is 484 g/mol. The lowest BCUT2D eigenvalue weighted by Crippen LogP contribution is -2.64. The van der Waals surface area contributed by atoms with Gasteiger partial charge in [-0.3, -0.25) is 4.79 Å². The average Bonchev–Trinajstić information content (AvgIpc) is 3.44. The van der Waals surface area contributed by atoms with Gasteiger partial charge in [-0.2, -0.15) is 0 Å². The van der Waals surface area contributed by atoms with Crippen LogP contribution >= 0.6 is 11.6 Å². The van der Waals surface area contributed by atoms with Crippen molar-refractivity contribution >= 4 is 27.5 Å². The van der Waals surface area contributed by atoms with Gasteiger partial charge in [0.1, 0.15) is 23.5 Å². The highest BCUT2D eigenvalue weighted by atomic mass is 35.5. The van der Waals surface area contributed by atoms with Gasteiger partial charge < -0.3 is 4.90 Å². The van der Waals surface area contributed by atoms with Gasteiger partial charge in [-0.15, -0.1) is 0 Å². The van der Waals surface area contributed by atoms with E-state index in [0.29, 0.717) is 0 Å². The highest BCUT2D eigenvalue weighted by Crippen LogP contribution is 2.59. The zero-order valence-corrected chi connectivity index (χ0v) is 19.1. The molecule has 0 aromatic heterocycles. The van der Waals surface area contributed by atoms with Crippen LogP contribution in [0.3, 0.4) is 0 Å². The van der Waals surface area contributed by atoms with E-state index in [4.69, 9.17) is 11.6 Å².